The maximum absolute atomic E-state index is 11.8. The minimum absolute atomic E-state index is 0.358. The number of carboxylic acid groups (broad SMARTS) is 1. The van der Waals surface area contributed by atoms with Crippen molar-refractivity contribution in [2.24, 2.45) is 0 Å². The molecule has 1 aliphatic carbocycles. The van der Waals surface area contributed by atoms with Crippen LogP contribution in [-0.4, -0.2) is 27.2 Å². The summed E-state index contributed by atoms with van der Waals surface area (Å²) in [5.74, 6) is -0.360. The third-order valence-electron chi connectivity index (χ3n) is 7.26. The number of anilines is 1. The molecule has 1 aliphatic heterocycles. The number of aromatic nitrogens is 2. The molecular formula is C27H27N3O2. The summed E-state index contributed by atoms with van der Waals surface area (Å²) in [5.41, 5.74) is 7.44. The normalized spacial score (nSPS) is 16.8. The van der Waals surface area contributed by atoms with Crippen molar-refractivity contribution in [1.29, 1.82) is 0 Å². The number of hydrogen-bond acceptors (Lipinski definition) is 3. The summed E-state index contributed by atoms with van der Waals surface area (Å²) < 4.78 is 2.40. The van der Waals surface area contributed by atoms with Crippen molar-refractivity contribution in [3.8, 4) is 11.3 Å². The van der Waals surface area contributed by atoms with Crippen molar-refractivity contribution in [2.75, 3.05) is 11.9 Å². The first-order chi connectivity index (χ1) is 15.7. The predicted molar refractivity (Wildman–Crippen MR) is 129 cm³/mol. The van der Waals surface area contributed by atoms with Gasteiger partial charge in [0.05, 0.1) is 22.5 Å². The van der Waals surface area contributed by atoms with E-state index in [1.807, 2.05) is 18.3 Å². The standard InChI is InChI=1S/C27H27N3O2/c31-27(32)18-9-10-20-23(16-18)30-15-5-14-29-25-19-8-4-13-28-22(19)12-11-21(25)26(30)24(20)17-6-2-1-3-7-17/h4,8-13,16-17,29H,1-3,5-7,14-15H2,(H,31,32). The van der Waals surface area contributed by atoms with Gasteiger partial charge in [0.25, 0.3) is 0 Å². The van der Waals surface area contributed by atoms with Crippen LogP contribution in [0, 0.1) is 0 Å². The Bertz CT molecular complexity index is 1350. The highest BCUT2D eigenvalue weighted by molar-refractivity contribution is 6.04. The Morgan fingerprint density at radius 3 is 2.75 bits per heavy atom. The first-order valence-electron chi connectivity index (χ1n) is 11.7. The molecule has 1 fully saturated rings. The average molecular weight is 426 g/mol. The maximum atomic E-state index is 11.8. The van der Waals surface area contributed by atoms with Gasteiger partial charge in [-0.25, -0.2) is 4.79 Å². The second kappa shape index (κ2) is 7.66. The molecule has 0 atom stereocenters. The second-order valence-electron chi connectivity index (χ2n) is 9.12. The highest BCUT2D eigenvalue weighted by Crippen LogP contribution is 2.47. The van der Waals surface area contributed by atoms with Crippen LogP contribution >= 0.6 is 0 Å². The number of fused-ring (bicyclic) bond motifs is 7. The smallest absolute Gasteiger partial charge is 0.335 e. The quantitative estimate of drug-likeness (QED) is 0.389. The lowest BCUT2D eigenvalue weighted by Gasteiger charge is -2.26. The summed E-state index contributed by atoms with van der Waals surface area (Å²) in [4.78, 5) is 16.3. The van der Waals surface area contributed by atoms with E-state index in [4.69, 9.17) is 0 Å². The topological polar surface area (TPSA) is 67.2 Å². The molecular weight excluding hydrogens is 398 g/mol. The number of carbonyl (C=O) groups is 1. The van der Waals surface area contributed by atoms with Gasteiger partial charge >= 0.3 is 5.97 Å². The molecule has 5 nitrogen and oxygen atoms in total. The maximum Gasteiger partial charge on any atom is 0.335 e. The Balaban J connectivity index is 1.71. The van der Waals surface area contributed by atoms with E-state index < -0.39 is 5.97 Å². The molecule has 6 rings (SSSR count). The molecule has 2 aromatic carbocycles. The summed E-state index contributed by atoms with van der Waals surface area (Å²) in [7, 11) is 0. The number of hydrogen-bond donors (Lipinski definition) is 2. The molecule has 2 aliphatic rings. The van der Waals surface area contributed by atoms with Crippen LogP contribution in [-0.2, 0) is 6.54 Å². The zero-order valence-electron chi connectivity index (χ0n) is 18.1. The molecule has 32 heavy (non-hydrogen) atoms. The SMILES string of the molecule is O=C(O)c1ccc2c(C3CCCCC3)c3n(c2c1)CCCNc1c-3ccc2ncccc12. The second-order valence-corrected chi connectivity index (χ2v) is 9.12. The third-order valence-corrected chi connectivity index (χ3v) is 7.26. The van der Waals surface area contributed by atoms with Crippen molar-refractivity contribution >= 4 is 33.5 Å². The zero-order valence-corrected chi connectivity index (χ0v) is 18.1. The van der Waals surface area contributed by atoms with Gasteiger partial charge < -0.3 is 15.0 Å². The Morgan fingerprint density at radius 1 is 1.03 bits per heavy atom. The monoisotopic (exact) mass is 425 g/mol. The number of pyridine rings is 1. The minimum Gasteiger partial charge on any atom is -0.478 e. The first kappa shape index (κ1) is 19.4. The van der Waals surface area contributed by atoms with Crippen LogP contribution in [0.2, 0.25) is 0 Å². The average Bonchev–Trinajstić information content (AvgIpc) is 3.13. The van der Waals surface area contributed by atoms with Crippen LogP contribution in [0.5, 0.6) is 0 Å². The fraction of sp³-hybridized carbons (Fsp3) is 0.333. The Labute approximate surface area is 187 Å². The van der Waals surface area contributed by atoms with Crippen LogP contribution in [0.25, 0.3) is 33.1 Å². The summed E-state index contributed by atoms with van der Waals surface area (Å²) in [6.45, 7) is 1.75. The van der Waals surface area contributed by atoms with Crippen molar-refractivity contribution in [1.82, 2.24) is 9.55 Å². The first-order valence-corrected chi connectivity index (χ1v) is 11.7. The van der Waals surface area contributed by atoms with Gasteiger partial charge in [0.15, 0.2) is 0 Å². The number of aryl methyl sites for hydroxylation is 1. The molecule has 1 saturated carbocycles. The Morgan fingerprint density at radius 2 is 1.91 bits per heavy atom. The molecule has 162 valence electrons. The van der Waals surface area contributed by atoms with Crippen LogP contribution in [0.1, 0.15) is 60.4 Å². The van der Waals surface area contributed by atoms with Gasteiger partial charge in [-0.3, -0.25) is 4.98 Å². The van der Waals surface area contributed by atoms with Gasteiger partial charge in [0, 0.05) is 41.1 Å². The third kappa shape index (κ3) is 2.99. The molecule has 2 aromatic heterocycles. The van der Waals surface area contributed by atoms with Gasteiger partial charge in [-0.2, -0.15) is 0 Å². The Kier molecular flexibility index (Phi) is 4.63. The van der Waals surface area contributed by atoms with Gasteiger partial charge in [-0.05, 0) is 67.1 Å². The van der Waals surface area contributed by atoms with Crippen LogP contribution < -0.4 is 5.32 Å². The van der Waals surface area contributed by atoms with Gasteiger partial charge in [0.2, 0.25) is 0 Å². The van der Waals surface area contributed by atoms with E-state index in [-0.39, 0.29) is 0 Å². The van der Waals surface area contributed by atoms with E-state index in [9.17, 15) is 9.90 Å². The van der Waals surface area contributed by atoms with E-state index in [0.717, 1.165) is 41.6 Å². The summed E-state index contributed by atoms with van der Waals surface area (Å²) in [5, 5.41) is 15.7. The molecule has 5 heteroatoms. The molecule has 3 heterocycles. The van der Waals surface area contributed by atoms with Crippen molar-refractivity contribution < 1.29 is 9.90 Å². The molecule has 0 bridgehead atoms. The van der Waals surface area contributed by atoms with E-state index in [1.54, 1.807) is 6.07 Å². The van der Waals surface area contributed by atoms with Gasteiger partial charge in [-0.15, -0.1) is 0 Å². The summed E-state index contributed by atoms with van der Waals surface area (Å²) in [6, 6.07) is 14.2. The molecule has 0 radical (unpaired) electrons. The van der Waals surface area contributed by atoms with Crippen molar-refractivity contribution in [3.05, 3.63) is 59.8 Å². The van der Waals surface area contributed by atoms with E-state index in [1.165, 1.54) is 54.3 Å². The lowest BCUT2D eigenvalue weighted by molar-refractivity contribution is 0.0697. The minimum atomic E-state index is -0.869. The van der Waals surface area contributed by atoms with Gasteiger partial charge in [0.1, 0.15) is 0 Å². The summed E-state index contributed by atoms with van der Waals surface area (Å²) in [6.07, 6.45) is 9.05. The number of nitrogens with zero attached hydrogens (tertiary/aromatic N) is 2. The van der Waals surface area contributed by atoms with E-state index in [2.05, 4.69) is 39.1 Å². The molecule has 2 N–H and O–H groups in total. The number of rotatable bonds is 2. The number of carboxylic acids is 1. The van der Waals surface area contributed by atoms with Gasteiger partial charge in [-0.1, -0.05) is 25.3 Å². The fourth-order valence-electron chi connectivity index (χ4n) is 5.83. The van der Waals surface area contributed by atoms with Crippen LogP contribution in [0.4, 0.5) is 5.69 Å². The zero-order chi connectivity index (χ0) is 21.7. The highest BCUT2D eigenvalue weighted by atomic mass is 16.4. The van der Waals surface area contributed by atoms with Crippen molar-refractivity contribution in [2.45, 2.75) is 51.0 Å². The van der Waals surface area contributed by atoms with E-state index >= 15 is 0 Å². The van der Waals surface area contributed by atoms with E-state index in [0.29, 0.717) is 11.5 Å². The molecule has 0 saturated heterocycles. The summed E-state index contributed by atoms with van der Waals surface area (Å²) >= 11 is 0. The van der Waals surface area contributed by atoms with Crippen LogP contribution in [0.3, 0.4) is 0 Å². The van der Waals surface area contributed by atoms with Crippen molar-refractivity contribution in [3.63, 3.8) is 0 Å². The number of aromatic carboxylic acids is 1. The molecule has 4 aromatic rings. The van der Waals surface area contributed by atoms with Crippen LogP contribution in [0.15, 0.2) is 48.7 Å². The number of nitrogens with one attached hydrogen (secondary N) is 1. The highest BCUT2D eigenvalue weighted by Gasteiger charge is 2.29. The largest absolute Gasteiger partial charge is 0.478 e. The lowest BCUT2D eigenvalue weighted by atomic mass is 9.81. The predicted octanol–water partition coefficient (Wildman–Crippen LogP) is 6.42. The molecule has 0 amide bonds. The fourth-order valence-corrected chi connectivity index (χ4v) is 5.83. The molecule has 0 unspecified atom stereocenters. The number of benzene rings is 2. The molecule has 0 spiro atoms. The Hall–Kier alpha value is -3.34. The lowest BCUT2D eigenvalue weighted by Crippen LogP contribution is -2.14.